The summed E-state index contributed by atoms with van der Waals surface area (Å²) < 4.78 is 0. The molecule has 2 heterocycles. The second-order valence-corrected chi connectivity index (χ2v) is 6.60. The second kappa shape index (κ2) is 8.79. The Morgan fingerprint density at radius 2 is 1.60 bits per heavy atom. The van der Waals surface area contributed by atoms with E-state index in [4.69, 9.17) is 0 Å². The highest BCUT2D eigenvalue weighted by Gasteiger charge is 2.40. The van der Waals surface area contributed by atoms with Gasteiger partial charge in [-0.15, -0.1) is 24.8 Å². The number of nitrogens with one attached hydrogen (secondary N) is 2. The Labute approximate surface area is 136 Å². The Morgan fingerprint density at radius 1 is 0.900 bits per heavy atom. The van der Waals surface area contributed by atoms with Crippen LogP contribution in [0.4, 0.5) is 0 Å². The van der Waals surface area contributed by atoms with Crippen LogP contribution in [0, 0.1) is 5.92 Å². The lowest BCUT2D eigenvalue weighted by Crippen LogP contribution is -2.63. The molecule has 2 saturated heterocycles. The largest absolute Gasteiger partial charge is 0.317 e. The van der Waals surface area contributed by atoms with Crippen molar-refractivity contribution in [1.82, 2.24) is 15.5 Å². The second-order valence-electron chi connectivity index (χ2n) is 6.60. The molecule has 5 heteroatoms. The first-order chi connectivity index (χ1) is 8.89. The van der Waals surface area contributed by atoms with E-state index in [0.29, 0.717) is 5.54 Å². The molecule has 3 aliphatic rings. The maximum absolute atomic E-state index is 3.66. The van der Waals surface area contributed by atoms with Crippen molar-refractivity contribution in [3.05, 3.63) is 0 Å². The minimum Gasteiger partial charge on any atom is -0.317 e. The molecule has 0 aromatic heterocycles. The summed E-state index contributed by atoms with van der Waals surface area (Å²) in [4.78, 5) is 2.87. The number of nitrogens with zero attached hydrogens (tertiary/aromatic N) is 1. The maximum Gasteiger partial charge on any atom is 0.0334 e. The molecule has 1 saturated carbocycles. The van der Waals surface area contributed by atoms with Crippen LogP contribution in [0.15, 0.2) is 0 Å². The normalized spacial score (nSPS) is 27.6. The molecule has 3 fully saturated rings. The van der Waals surface area contributed by atoms with Gasteiger partial charge in [0, 0.05) is 31.7 Å². The molecule has 120 valence electrons. The van der Waals surface area contributed by atoms with Gasteiger partial charge >= 0.3 is 0 Å². The molecule has 0 aromatic rings. The monoisotopic (exact) mass is 323 g/mol. The topological polar surface area (TPSA) is 27.3 Å². The fourth-order valence-corrected chi connectivity index (χ4v) is 4.25. The van der Waals surface area contributed by atoms with Gasteiger partial charge in [-0.1, -0.05) is 19.3 Å². The van der Waals surface area contributed by atoms with Gasteiger partial charge < -0.3 is 10.6 Å². The van der Waals surface area contributed by atoms with Crippen molar-refractivity contribution in [1.29, 1.82) is 0 Å². The first kappa shape index (κ1) is 18.5. The summed E-state index contributed by atoms with van der Waals surface area (Å²) in [7, 11) is 0. The summed E-state index contributed by atoms with van der Waals surface area (Å²) in [5, 5.41) is 7.15. The molecule has 0 amide bonds. The zero-order valence-electron chi connectivity index (χ0n) is 12.5. The third-order valence-electron chi connectivity index (χ3n) is 5.40. The van der Waals surface area contributed by atoms with Crippen LogP contribution in [0.5, 0.6) is 0 Å². The predicted molar refractivity (Wildman–Crippen MR) is 90.3 cm³/mol. The molecule has 2 N–H and O–H groups in total. The van der Waals surface area contributed by atoms with Gasteiger partial charge in [-0.25, -0.2) is 0 Å². The van der Waals surface area contributed by atoms with E-state index in [-0.39, 0.29) is 24.8 Å². The Balaban J connectivity index is 0.000001000. The van der Waals surface area contributed by atoms with E-state index in [1.807, 2.05) is 0 Å². The zero-order chi connectivity index (χ0) is 12.3. The third kappa shape index (κ3) is 4.23. The van der Waals surface area contributed by atoms with Gasteiger partial charge in [0.1, 0.15) is 0 Å². The van der Waals surface area contributed by atoms with Crippen molar-refractivity contribution in [3.63, 3.8) is 0 Å². The SMILES string of the molecule is C1CCC2(CC1)CNCCN2CC1CCNCC1.Cl.Cl. The fraction of sp³-hybridized carbons (Fsp3) is 1.00. The third-order valence-corrected chi connectivity index (χ3v) is 5.40. The Kier molecular flexibility index (Phi) is 8.14. The van der Waals surface area contributed by atoms with Crippen LogP contribution >= 0.6 is 24.8 Å². The van der Waals surface area contributed by atoms with Gasteiger partial charge in [0.25, 0.3) is 0 Å². The highest BCUT2D eigenvalue weighted by atomic mass is 35.5. The van der Waals surface area contributed by atoms with E-state index in [1.165, 1.54) is 84.2 Å². The van der Waals surface area contributed by atoms with Gasteiger partial charge in [0.15, 0.2) is 0 Å². The van der Waals surface area contributed by atoms with Gasteiger partial charge in [-0.3, -0.25) is 4.90 Å². The number of piperazine rings is 1. The highest BCUT2D eigenvalue weighted by molar-refractivity contribution is 5.85. The van der Waals surface area contributed by atoms with Crippen LogP contribution < -0.4 is 10.6 Å². The van der Waals surface area contributed by atoms with Crippen LogP contribution in [0.2, 0.25) is 0 Å². The Hall–Kier alpha value is 0.460. The van der Waals surface area contributed by atoms with Gasteiger partial charge in [-0.05, 0) is 44.7 Å². The number of piperidine rings is 1. The molecule has 0 atom stereocenters. The van der Waals surface area contributed by atoms with Gasteiger partial charge in [0.05, 0.1) is 0 Å². The number of halogens is 2. The van der Waals surface area contributed by atoms with Gasteiger partial charge in [0.2, 0.25) is 0 Å². The summed E-state index contributed by atoms with van der Waals surface area (Å²) in [5.74, 6) is 0.947. The van der Waals surface area contributed by atoms with Gasteiger partial charge in [-0.2, -0.15) is 0 Å². The van der Waals surface area contributed by atoms with E-state index < -0.39 is 0 Å². The average Bonchev–Trinajstić information content (AvgIpc) is 2.44. The molecule has 0 unspecified atom stereocenters. The predicted octanol–water partition coefficient (Wildman–Crippen LogP) is 2.44. The van der Waals surface area contributed by atoms with Crippen LogP contribution in [0.3, 0.4) is 0 Å². The maximum atomic E-state index is 3.66. The number of hydrogen-bond acceptors (Lipinski definition) is 3. The van der Waals surface area contributed by atoms with Crippen LogP contribution in [-0.2, 0) is 0 Å². The molecule has 1 aliphatic carbocycles. The molecule has 2 aliphatic heterocycles. The molecule has 3 rings (SSSR count). The molecule has 20 heavy (non-hydrogen) atoms. The van der Waals surface area contributed by atoms with Crippen molar-refractivity contribution in [2.45, 2.75) is 50.5 Å². The lowest BCUT2D eigenvalue weighted by Gasteiger charge is -2.51. The van der Waals surface area contributed by atoms with E-state index in [2.05, 4.69) is 15.5 Å². The number of hydrogen-bond donors (Lipinski definition) is 2. The zero-order valence-corrected chi connectivity index (χ0v) is 14.2. The summed E-state index contributed by atoms with van der Waals surface area (Å²) in [6.07, 6.45) is 10.0. The smallest absolute Gasteiger partial charge is 0.0334 e. The fourth-order valence-electron chi connectivity index (χ4n) is 4.25. The minimum absolute atomic E-state index is 0. The van der Waals surface area contributed by atoms with E-state index >= 15 is 0 Å². The Bertz CT molecular complexity index is 256. The van der Waals surface area contributed by atoms with Crippen LogP contribution in [0.1, 0.15) is 44.9 Å². The quantitative estimate of drug-likeness (QED) is 0.817. The standard InChI is InChI=1S/C15H29N3.2ClH/c1-2-6-15(7-3-1)13-17-10-11-18(15)12-14-4-8-16-9-5-14;;/h14,16-17H,1-13H2;2*1H. The lowest BCUT2D eigenvalue weighted by molar-refractivity contribution is 0.0119. The Morgan fingerprint density at radius 3 is 2.30 bits per heavy atom. The summed E-state index contributed by atoms with van der Waals surface area (Å²) >= 11 is 0. The summed E-state index contributed by atoms with van der Waals surface area (Å²) in [5.41, 5.74) is 0.529. The van der Waals surface area contributed by atoms with Crippen molar-refractivity contribution >= 4 is 24.8 Å². The highest BCUT2D eigenvalue weighted by Crippen LogP contribution is 2.35. The molecule has 0 radical (unpaired) electrons. The van der Waals surface area contributed by atoms with E-state index in [1.54, 1.807) is 0 Å². The van der Waals surface area contributed by atoms with E-state index in [9.17, 15) is 0 Å². The van der Waals surface area contributed by atoms with Crippen LogP contribution in [0.25, 0.3) is 0 Å². The summed E-state index contributed by atoms with van der Waals surface area (Å²) in [6.45, 7) is 7.57. The molecule has 0 aromatic carbocycles. The molecule has 3 nitrogen and oxygen atoms in total. The average molecular weight is 324 g/mol. The molecule has 0 bridgehead atoms. The molecular formula is C15H31Cl2N3. The van der Waals surface area contributed by atoms with Crippen molar-refractivity contribution in [3.8, 4) is 0 Å². The van der Waals surface area contributed by atoms with Crippen molar-refractivity contribution < 1.29 is 0 Å². The molecular weight excluding hydrogens is 293 g/mol. The first-order valence-corrected chi connectivity index (χ1v) is 8.06. The minimum atomic E-state index is 0. The summed E-state index contributed by atoms with van der Waals surface area (Å²) in [6, 6.07) is 0. The lowest BCUT2D eigenvalue weighted by atomic mass is 9.78. The van der Waals surface area contributed by atoms with Crippen LogP contribution in [-0.4, -0.2) is 49.7 Å². The molecule has 1 spiro atoms. The van der Waals surface area contributed by atoms with Crippen molar-refractivity contribution in [2.75, 3.05) is 39.3 Å². The van der Waals surface area contributed by atoms with E-state index in [0.717, 1.165) is 5.92 Å². The first-order valence-electron chi connectivity index (χ1n) is 8.06. The number of rotatable bonds is 2. The van der Waals surface area contributed by atoms with Crippen molar-refractivity contribution in [2.24, 2.45) is 5.92 Å².